The second-order valence-electron chi connectivity index (χ2n) is 5.15. The fraction of sp³-hybridized carbons (Fsp3) is 0.800. The predicted molar refractivity (Wildman–Crippen MR) is 66.8 cm³/mol. The van der Waals surface area contributed by atoms with Gasteiger partial charge in [-0.25, -0.2) is 13.4 Å². The molecule has 2 fully saturated rings. The number of hydrogen-bond acceptors (Lipinski definition) is 5. The first-order chi connectivity index (χ1) is 7.91. The van der Waals surface area contributed by atoms with Crippen molar-refractivity contribution in [2.75, 3.05) is 23.0 Å². The van der Waals surface area contributed by atoms with Crippen LogP contribution in [0.4, 0.5) is 0 Å². The Kier molecular flexibility index (Phi) is 2.36. The summed E-state index contributed by atoms with van der Waals surface area (Å²) in [7, 11) is -3.01. The largest absolute Gasteiger partial charge is 0.272 e. The molecule has 5 nitrogen and oxygen atoms in total. The monoisotopic (exact) mass is 274 g/mol. The average molecular weight is 274 g/mol. The Hall–Kier alpha value is -0.560. The Morgan fingerprint density at radius 1 is 1.53 bits per heavy atom. The highest BCUT2D eigenvalue weighted by Crippen LogP contribution is 2.37. The fourth-order valence-electron chi connectivity index (χ4n) is 2.66. The Balaban J connectivity index is 1.92. The maximum atomic E-state index is 12.2. The molecule has 94 valence electrons. The quantitative estimate of drug-likeness (QED) is 0.681. The van der Waals surface area contributed by atoms with Crippen LogP contribution in [0.5, 0.6) is 0 Å². The highest BCUT2D eigenvalue weighted by molar-refractivity contribution is 8.00. The zero-order valence-corrected chi connectivity index (χ0v) is 11.2. The lowest BCUT2D eigenvalue weighted by Crippen LogP contribution is -2.47. The van der Waals surface area contributed by atoms with Crippen LogP contribution in [0.2, 0.25) is 0 Å². The van der Waals surface area contributed by atoms with Crippen molar-refractivity contribution in [3.05, 3.63) is 0 Å². The van der Waals surface area contributed by atoms with Gasteiger partial charge in [0, 0.05) is 11.5 Å². The third kappa shape index (κ3) is 1.71. The number of carbonyl (C=O) groups is 1. The predicted octanol–water partition coefficient (Wildman–Crippen LogP) is 0.125. The lowest BCUT2D eigenvalue weighted by molar-refractivity contribution is -0.135. The van der Waals surface area contributed by atoms with Gasteiger partial charge in [0.05, 0.1) is 28.7 Å². The minimum Gasteiger partial charge on any atom is -0.272 e. The van der Waals surface area contributed by atoms with Gasteiger partial charge < -0.3 is 0 Å². The molecule has 1 amide bonds. The van der Waals surface area contributed by atoms with Crippen LogP contribution in [-0.2, 0) is 14.6 Å². The van der Waals surface area contributed by atoms with Crippen LogP contribution >= 0.6 is 11.8 Å². The Labute approximate surface area is 105 Å². The van der Waals surface area contributed by atoms with Gasteiger partial charge >= 0.3 is 0 Å². The first-order valence-corrected chi connectivity index (χ1v) is 8.59. The molecule has 0 N–H and O–H groups in total. The molecule has 7 heteroatoms. The van der Waals surface area contributed by atoms with E-state index in [1.54, 1.807) is 11.8 Å². The lowest BCUT2D eigenvalue weighted by atomic mass is 9.99. The second kappa shape index (κ2) is 3.47. The minimum atomic E-state index is -3.01. The Morgan fingerprint density at radius 2 is 2.29 bits per heavy atom. The number of nitrogens with zero attached hydrogens (tertiary/aromatic N) is 2. The number of fused-ring (bicyclic) bond motifs is 1. The number of hydrazone groups is 1. The Bertz CT molecular complexity index is 514. The summed E-state index contributed by atoms with van der Waals surface area (Å²) in [5, 5.41) is 5.82. The van der Waals surface area contributed by atoms with E-state index in [4.69, 9.17) is 0 Å². The van der Waals surface area contributed by atoms with Gasteiger partial charge in [-0.15, -0.1) is 0 Å². The van der Waals surface area contributed by atoms with Crippen molar-refractivity contribution in [2.45, 2.75) is 18.9 Å². The van der Waals surface area contributed by atoms with E-state index >= 15 is 0 Å². The summed E-state index contributed by atoms with van der Waals surface area (Å²) in [6, 6.07) is 0. The van der Waals surface area contributed by atoms with Gasteiger partial charge in [-0.3, -0.25) is 4.79 Å². The van der Waals surface area contributed by atoms with Crippen LogP contribution < -0.4 is 0 Å². The summed E-state index contributed by atoms with van der Waals surface area (Å²) in [6.45, 7) is 1.83. The third-order valence-corrected chi connectivity index (χ3v) is 6.62. The van der Waals surface area contributed by atoms with E-state index in [0.717, 1.165) is 17.2 Å². The zero-order chi connectivity index (χ0) is 12.3. The van der Waals surface area contributed by atoms with Crippen LogP contribution in [0.3, 0.4) is 0 Å². The van der Waals surface area contributed by atoms with Crippen LogP contribution in [0.25, 0.3) is 0 Å². The highest BCUT2D eigenvalue weighted by Gasteiger charge is 2.51. The minimum absolute atomic E-state index is 0.00963. The highest BCUT2D eigenvalue weighted by atomic mass is 32.2. The number of amides is 1. The fourth-order valence-corrected chi connectivity index (χ4v) is 5.93. The maximum absolute atomic E-state index is 12.2. The zero-order valence-electron chi connectivity index (χ0n) is 9.55. The van der Waals surface area contributed by atoms with Gasteiger partial charge in [0.1, 0.15) is 0 Å². The van der Waals surface area contributed by atoms with Gasteiger partial charge in [0.2, 0.25) is 0 Å². The first-order valence-electron chi connectivity index (χ1n) is 5.61. The molecule has 2 saturated heterocycles. The van der Waals surface area contributed by atoms with Crippen molar-refractivity contribution in [3.8, 4) is 0 Å². The topological polar surface area (TPSA) is 66.8 Å². The number of carbonyl (C=O) groups excluding carboxylic acids is 1. The molecule has 3 aliphatic heterocycles. The molecule has 0 aromatic heterocycles. The summed E-state index contributed by atoms with van der Waals surface area (Å²) in [6.07, 6.45) is 0.498. The van der Waals surface area contributed by atoms with E-state index < -0.39 is 15.4 Å². The van der Waals surface area contributed by atoms with Gasteiger partial charge in [-0.05, 0) is 13.3 Å². The standard InChI is InChI=1S/C10H14N2O3S2/c1-10(2-3-17(14,15)6-10)12-9(13)7-4-16-5-8(7)11-12/h7H,2-6H2,1H3. The van der Waals surface area contributed by atoms with Gasteiger partial charge in [0.15, 0.2) is 9.84 Å². The molecule has 3 heterocycles. The molecule has 2 atom stereocenters. The summed E-state index contributed by atoms with van der Waals surface area (Å²) in [5.41, 5.74) is 0.295. The molecule has 0 bridgehead atoms. The van der Waals surface area contributed by atoms with Gasteiger partial charge in [-0.1, -0.05) is 0 Å². The molecule has 0 aromatic rings. The van der Waals surface area contributed by atoms with Gasteiger partial charge in [0.25, 0.3) is 5.91 Å². The molecule has 0 saturated carbocycles. The molecular weight excluding hydrogens is 260 g/mol. The number of sulfone groups is 1. The summed E-state index contributed by atoms with van der Waals surface area (Å²) in [5.74, 6) is 1.69. The van der Waals surface area contributed by atoms with Gasteiger partial charge in [-0.2, -0.15) is 16.9 Å². The van der Waals surface area contributed by atoms with Crippen molar-refractivity contribution in [3.63, 3.8) is 0 Å². The van der Waals surface area contributed by atoms with E-state index in [1.807, 2.05) is 6.92 Å². The first kappa shape index (κ1) is 11.5. The molecule has 0 aliphatic carbocycles. The SMILES string of the molecule is CC1(N2N=C3CSCC3C2=O)CCS(=O)(=O)C1. The molecule has 0 radical (unpaired) electrons. The molecule has 3 aliphatic rings. The molecule has 3 rings (SSSR count). The lowest BCUT2D eigenvalue weighted by Gasteiger charge is -2.31. The van der Waals surface area contributed by atoms with Crippen molar-refractivity contribution >= 4 is 33.2 Å². The van der Waals surface area contributed by atoms with Crippen molar-refractivity contribution < 1.29 is 13.2 Å². The smallest absolute Gasteiger partial charge is 0.252 e. The average Bonchev–Trinajstić information content (AvgIpc) is 2.85. The van der Waals surface area contributed by atoms with Crippen LogP contribution in [0, 0.1) is 5.92 Å². The van der Waals surface area contributed by atoms with Crippen molar-refractivity contribution in [1.82, 2.24) is 5.01 Å². The van der Waals surface area contributed by atoms with E-state index in [2.05, 4.69) is 5.10 Å². The molecule has 0 spiro atoms. The maximum Gasteiger partial charge on any atom is 0.252 e. The van der Waals surface area contributed by atoms with E-state index in [0.29, 0.717) is 6.42 Å². The molecule has 17 heavy (non-hydrogen) atoms. The number of thioether (sulfide) groups is 1. The third-order valence-electron chi connectivity index (χ3n) is 3.67. The van der Waals surface area contributed by atoms with Crippen molar-refractivity contribution in [1.29, 1.82) is 0 Å². The normalized spacial score (nSPS) is 39.6. The van der Waals surface area contributed by atoms with Crippen LogP contribution in [0.15, 0.2) is 5.10 Å². The second-order valence-corrected chi connectivity index (χ2v) is 8.36. The van der Waals surface area contributed by atoms with Crippen molar-refractivity contribution in [2.24, 2.45) is 11.0 Å². The molecule has 0 aromatic carbocycles. The van der Waals surface area contributed by atoms with E-state index in [-0.39, 0.29) is 23.3 Å². The van der Waals surface area contributed by atoms with E-state index in [9.17, 15) is 13.2 Å². The number of hydrogen-bond donors (Lipinski definition) is 0. The summed E-state index contributed by atoms with van der Waals surface area (Å²) >= 11 is 1.72. The number of rotatable bonds is 1. The van der Waals surface area contributed by atoms with Crippen LogP contribution in [-0.4, -0.2) is 53.6 Å². The summed E-state index contributed by atoms with van der Waals surface area (Å²) < 4.78 is 23.1. The van der Waals surface area contributed by atoms with E-state index in [1.165, 1.54) is 5.01 Å². The summed E-state index contributed by atoms with van der Waals surface area (Å²) in [4.78, 5) is 12.2. The molecular formula is C10H14N2O3S2. The van der Waals surface area contributed by atoms with Crippen LogP contribution in [0.1, 0.15) is 13.3 Å². The molecule has 2 unspecified atom stereocenters. The Morgan fingerprint density at radius 3 is 2.88 bits per heavy atom.